The third kappa shape index (κ3) is 5.61. The summed E-state index contributed by atoms with van der Waals surface area (Å²) >= 11 is 0. The number of rotatable bonds is 4. The molecule has 0 radical (unpaired) electrons. The van der Waals surface area contributed by atoms with Gasteiger partial charge in [0.2, 0.25) is 0 Å². The third-order valence-corrected chi connectivity index (χ3v) is 11.4. The van der Waals surface area contributed by atoms with Gasteiger partial charge in [-0.1, -0.05) is 6.42 Å². The summed E-state index contributed by atoms with van der Waals surface area (Å²) in [6.07, 6.45) is 10.0. The minimum Gasteiger partial charge on any atom is -0.469 e. The van der Waals surface area contributed by atoms with Gasteiger partial charge in [0, 0.05) is 38.5 Å². The highest BCUT2D eigenvalue weighted by molar-refractivity contribution is 5.70. The van der Waals surface area contributed by atoms with Crippen molar-refractivity contribution in [3.63, 3.8) is 0 Å². The smallest absolute Gasteiger partial charge is 0.308 e. The van der Waals surface area contributed by atoms with Crippen molar-refractivity contribution in [3.05, 3.63) is 0 Å². The number of esters is 2. The van der Waals surface area contributed by atoms with E-state index in [1.165, 1.54) is 33.5 Å². The Balaban J connectivity index is 0.000000148. The van der Waals surface area contributed by atoms with Crippen molar-refractivity contribution in [1.29, 1.82) is 0 Å². The molecule has 248 valence electrons. The average Bonchev–Trinajstić information content (AvgIpc) is 3.64. The van der Waals surface area contributed by atoms with E-state index in [1.54, 1.807) is 0 Å². The first-order chi connectivity index (χ1) is 21.2. The van der Waals surface area contributed by atoms with E-state index in [0.29, 0.717) is 19.3 Å². The lowest BCUT2D eigenvalue weighted by Crippen LogP contribution is -2.54. The highest BCUT2D eigenvalue weighted by Crippen LogP contribution is 2.55. The van der Waals surface area contributed by atoms with E-state index in [2.05, 4.69) is 4.74 Å². The molecule has 5 aliphatic heterocycles. The molecule has 5 saturated heterocycles. The summed E-state index contributed by atoms with van der Waals surface area (Å²) in [6, 6.07) is 0. The van der Waals surface area contributed by atoms with Crippen molar-refractivity contribution in [3.8, 4) is 0 Å². The third-order valence-electron chi connectivity index (χ3n) is 11.4. The number of methoxy groups -OCH3 is 2. The number of carbonyl (C=O) groups is 2. The molecule has 12 atom stereocenters. The van der Waals surface area contributed by atoms with Gasteiger partial charge in [0.25, 0.3) is 0 Å². The summed E-state index contributed by atoms with van der Waals surface area (Å²) in [5, 5.41) is 19.8. The minimum absolute atomic E-state index is 0.0389. The van der Waals surface area contributed by atoms with Gasteiger partial charge in [0.15, 0.2) is 5.79 Å². The number of hydrogen-bond donors (Lipinski definition) is 2. The van der Waals surface area contributed by atoms with E-state index >= 15 is 0 Å². The fourth-order valence-electron chi connectivity index (χ4n) is 9.38. The summed E-state index contributed by atoms with van der Waals surface area (Å²) in [5.41, 5.74) is -0.855. The predicted octanol–water partition coefficient (Wildman–Crippen LogP) is 2.22. The molecule has 3 saturated carbocycles. The van der Waals surface area contributed by atoms with Gasteiger partial charge in [-0.15, -0.1) is 0 Å². The lowest BCUT2D eigenvalue weighted by molar-refractivity contribution is -0.216. The van der Waals surface area contributed by atoms with Crippen molar-refractivity contribution < 1.29 is 57.7 Å². The summed E-state index contributed by atoms with van der Waals surface area (Å²) in [5.74, 6) is -0.870. The van der Waals surface area contributed by atoms with Crippen molar-refractivity contribution in [1.82, 2.24) is 0 Å². The molecule has 0 aromatic rings. The molecule has 3 spiro atoms. The predicted molar refractivity (Wildman–Crippen MR) is 150 cm³/mol. The molecule has 12 nitrogen and oxygen atoms in total. The largest absolute Gasteiger partial charge is 0.469 e. The van der Waals surface area contributed by atoms with Gasteiger partial charge < -0.3 is 48.1 Å². The van der Waals surface area contributed by atoms with E-state index in [1.807, 2.05) is 0 Å². The SMILES string of the molecule is COC(=O)C[C@H]1CC[C@@H]2O[C@@H]3C[C@]2(C[C@@H](O)C3O)O1.COC(=O)C[C@H]1CC[C@@H]2O[C@@H]3C[C@]2(C[C@H]2OC4(CCCCC4)OC32)O1. The van der Waals surface area contributed by atoms with Gasteiger partial charge in [-0.3, -0.25) is 9.59 Å². The Morgan fingerprint density at radius 3 is 1.84 bits per heavy atom. The van der Waals surface area contributed by atoms with Gasteiger partial charge in [-0.05, 0) is 38.5 Å². The Morgan fingerprint density at radius 1 is 0.682 bits per heavy atom. The van der Waals surface area contributed by atoms with Crippen LogP contribution in [0.25, 0.3) is 0 Å². The van der Waals surface area contributed by atoms with E-state index in [-0.39, 0.29) is 78.6 Å². The second kappa shape index (κ2) is 12.0. The molecule has 0 amide bonds. The summed E-state index contributed by atoms with van der Waals surface area (Å²) in [4.78, 5) is 23.0. The molecule has 0 aromatic heterocycles. The molecule has 8 fully saturated rings. The van der Waals surface area contributed by atoms with Crippen LogP contribution in [0.15, 0.2) is 0 Å². The first kappa shape index (κ1) is 31.2. The van der Waals surface area contributed by atoms with E-state index in [0.717, 1.165) is 51.4 Å². The number of aliphatic hydroxyl groups is 2. The van der Waals surface area contributed by atoms with Crippen molar-refractivity contribution in [2.45, 2.75) is 174 Å². The zero-order chi connectivity index (χ0) is 30.7. The number of ether oxygens (including phenoxy) is 8. The first-order valence-corrected chi connectivity index (χ1v) is 16.7. The van der Waals surface area contributed by atoms with Gasteiger partial charge >= 0.3 is 11.9 Å². The van der Waals surface area contributed by atoms with Gasteiger partial charge in [-0.25, -0.2) is 0 Å². The van der Waals surface area contributed by atoms with Gasteiger partial charge in [-0.2, -0.15) is 0 Å². The summed E-state index contributed by atoms with van der Waals surface area (Å²) < 4.78 is 47.1. The Morgan fingerprint density at radius 2 is 1.23 bits per heavy atom. The van der Waals surface area contributed by atoms with E-state index in [4.69, 9.17) is 33.2 Å². The van der Waals surface area contributed by atoms with E-state index in [9.17, 15) is 19.8 Å². The number of carbonyl (C=O) groups excluding carboxylic acids is 2. The topological polar surface area (TPSA) is 148 Å². The summed E-state index contributed by atoms with van der Waals surface area (Å²) in [7, 11) is 2.79. The van der Waals surface area contributed by atoms with Crippen LogP contribution in [0.1, 0.15) is 96.3 Å². The fourth-order valence-corrected chi connectivity index (χ4v) is 9.38. The molecular weight excluding hydrogens is 576 g/mol. The molecule has 8 aliphatic rings. The van der Waals surface area contributed by atoms with Crippen molar-refractivity contribution >= 4 is 11.9 Å². The molecule has 0 aromatic carbocycles. The van der Waals surface area contributed by atoms with Crippen LogP contribution >= 0.6 is 0 Å². The first-order valence-electron chi connectivity index (χ1n) is 16.7. The molecule has 2 N–H and O–H groups in total. The lowest BCUT2D eigenvalue weighted by atomic mass is 9.76. The standard InChI is InChI=1S/C19H28O6.C13H20O6/c1-21-16(20)9-12-5-6-15-18(23-12)10-13(22-15)17-14(11-18)24-19(25-17)7-3-2-4-8-19;1-17-11(15)4-7-2-3-10-13(19-7)5-8(14)12(16)9(6-13)18-10/h12-15,17H,2-11H2,1H3;7-10,12,14,16H,2-6H2,1H3/t12-,13-,14-,15+,17?,18-;7-,8-,9-,10+,12?,13+/m11/s1. The molecular formula is C32H48O12. The Labute approximate surface area is 258 Å². The maximum atomic E-state index is 11.6. The molecule has 2 unspecified atom stereocenters. The normalized spacial score (nSPS) is 47.9. The minimum atomic E-state index is -0.834. The Hall–Kier alpha value is -1.38. The number of aliphatic hydroxyl groups excluding tert-OH is 2. The Kier molecular flexibility index (Phi) is 8.52. The molecule has 3 aliphatic carbocycles. The zero-order valence-electron chi connectivity index (χ0n) is 25.9. The quantitative estimate of drug-likeness (QED) is 0.442. The van der Waals surface area contributed by atoms with Crippen molar-refractivity contribution in [2.75, 3.05) is 14.2 Å². The second-order valence-corrected chi connectivity index (χ2v) is 14.2. The van der Waals surface area contributed by atoms with Crippen molar-refractivity contribution in [2.24, 2.45) is 0 Å². The second-order valence-electron chi connectivity index (χ2n) is 14.2. The van der Waals surface area contributed by atoms with E-state index < -0.39 is 17.8 Å². The number of hydrogen-bond acceptors (Lipinski definition) is 12. The maximum Gasteiger partial charge on any atom is 0.308 e. The molecule has 44 heavy (non-hydrogen) atoms. The molecule has 12 heteroatoms. The van der Waals surface area contributed by atoms with Gasteiger partial charge in [0.05, 0.1) is 87.1 Å². The van der Waals surface area contributed by atoms with Crippen LogP contribution in [-0.2, 0) is 47.5 Å². The van der Waals surface area contributed by atoms with Crippen LogP contribution in [0.4, 0.5) is 0 Å². The summed E-state index contributed by atoms with van der Waals surface area (Å²) in [6.45, 7) is 0. The van der Waals surface area contributed by atoms with Crippen LogP contribution in [0, 0.1) is 0 Å². The monoisotopic (exact) mass is 624 g/mol. The van der Waals surface area contributed by atoms with Crippen LogP contribution in [0.3, 0.4) is 0 Å². The van der Waals surface area contributed by atoms with Crippen LogP contribution in [-0.4, -0.2) is 114 Å². The molecule has 5 heterocycles. The van der Waals surface area contributed by atoms with Crippen LogP contribution in [0.5, 0.6) is 0 Å². The molecule has 8 rings (SSSR count). The van der Waals surface area contributed by atoms with Crippen LogP contribution in [0.2, 0.25) is 0 Å². The Bertz CT molecular complexity index is 1080. The van der Waals surface area contributed by atoms with Crippen LogP contribution < -0.4 is 0 Å². The number of fused-ring (bicyclic) bond motifs is 4. The maximum absolute atomic E-state index is 11.6. The lowest BCUT2D eigenvalue weighted by Gasteiger charge is -2.44. The fraction of sp³-hybridized carbons (Fsp3) is 0.938. The highest BCUT2D eigenvalue weighted by atomic mass is 16.8. The van der Waals surface area contributed by atoms with Gasteiger partial charge in [0.1, 0.15) is 12.2 Å². The molecule has 4 bridgehead atoms. The highest BCUT2D eigenvalue weighted by Gasteiger charge is 2.65. The average molecular weight is 625 g/mol. The zero-order valence-corrected chi connectivity index (χ0v) is 25.9.